The lowest BCUT2D eigenvalue weighted by Crippen LogP contribution is -2.43. The van der Waals surface area contributed by atoms with Gasteiger partial charge in [-0.1, -0.05) is 48.3 Å². The largest absolute Gasteiger partial charge is 0.399 e. The van der Waals surface area contributed by atoms with Crippen LogP contribution in [-0.4, -0.2) is 58.6 Å². The number of benzene rings is 1. The number of hydrogen-bond acceptors (Lipinski definition) is 9. The Bertz CT molecular complexity index is 1160. The van der Waals surface area contributed by atoms with Crippen molar-refractivity contribution in [1.29, 1.82) is 5.41 Å². The van der Waals surface area contributed by atoms with E-state index < -0.39 is 11.6 Å². The van der Waals surface area contributed by atoms with Gasteiger partial charge in [-0.3, -0.25) is 19.0 Å². The first-order valence-corrected chi connectivity index (χ1v) is 13.4. The third kappa shape index (κ3) is 8.28. The fourth-order valence-corrected chi connectivity index (χ4v) is 5.18. The number of ketones is 1. The first-order valence-electron chi connectivity index (χ1n) is 12.3. The van der Waals surface area contributed by atoms with Gasteiger partial charge in [-0.2, -0.15) is 0 Å². The molecule has 1 heterocycles. The minimum atomic E-state index is -0.736. The molecule has 2 aromatic rings. The number of hydrogen-bond donors (Lipinski definition) is 3. The van der Waals surface area contributed by atoms with E-state index in [0.29, 0.717) is 11.5 Å². The third-order valence-electron chi connectivity index (χ3n) is 6.17. The second-order valence-electron chi connectivity index (χ2n) is 8.91. The zero-order valence-electron chi connectivity index (χ0n) is 21.2. The topological polar surface area (TPSA) is 139 Å². The van der Waals surface area contributed by atoms with Gasteiger partial charge in [0, 0.05) is 18.1 Å². The highest BCUT2D eigenvalue weighted by atomic mass is 32.2. The maximum absolute atomic E-state index is 13.3. The standard InChI is InChI=1S/C26H34N6O4S/c1-18(27)22(31-36-2)15-29-24-26(35)32(13-12-28-24)23(20-10-6-7-11-20)25(34)30-14-21(33)17-37-16-19-8-4-3-5-9-19/h3-5,8-9,12-13,20,23,27H,6-7,10-11,14-17H2,1-2H3,(H,28,29)(H,30,34)/b27-18?,31-22-. The van der Waals surface area contributed by atoms with E-state index in [4.69, 9.17) is 10.2 Å². The highest BCUT2D eigenvalue weighted by Gasteiger charge is 2.33. The van der Waals surface area contributed by atoms with E-state index in [9.17, 15) is 14.4 Å². The molecule has 1 saturated carbocycles. The normalized spacial score (nSPS) is 14.7. The molecule has 1 aliphatic carbocycles. The van der Waals surface area contributed by atoms with Crippen LogP contribution in [0.2, 0.25) is 0 Å². The van der Waals surface area contributed by atoms with Gasteiger partial charge in [0.25, 0.3) is 5.56 Å². The molecular formula is C26H34N6O4S. The second-order valence-corrected chi connectivity index (χ2v) is 9.90. The van der Waals surface area contributed by atoms with Crippen LogP contribution in [0, 0.1) is 11.3 Å². The third-order valence-corrected chi connectivity index (χ3v) is 7.24. The second kappa shape index (κ2) is 14.3. The van der Waals surface area contributed by atoms with E-state index in [1.807, 2.05) is 30.3 Å². The van der Waals surface area contributed by atoms with E-state index in [0.717, 1.165) is 37.0 Å². The molecule has 0 radical (unpaired) electrons. The zero-order chi connectivity index (χ0) is 26.6. The summed E-state index contributed by atoms with van der Waals surface area (Å²) in [5, 5.41) is 17.3. The quantitative estimate of drug-likeness (QED) is 0.254. The summed E-state index contributed by atoms with van der Waals surface area (Å²) in [7, 11) is 1.38. The smallest absolute Gasteiger partial charge is 0.294 e. The molecule has 0 saturated heterocycles. The number of carbonyl (C=O) groups excluding carboxylic acids is 2. The number of oxime groups is 1. The minimum absolute atomic E-state index is 0.00931. The Morgan fingerprint density at radius 2 is 1.97 bits per heavy atom. The van der Waals surface area contributed by atoms with Crippen LogP contribution in [-0.2, 0) is 20.2 Å². The summed E-state index contributed by atoms with van der Waals surface area (Å²) in [4.78, 5) is 47.9. The number of thioether (sulfide) groups is 1. The van der Waals surface area contributed by atoms with Gasteiger partial charge in [0.05, 0.1) is 24.6 Å². The highest BCUT2D eigenvalue weighted by Crippen LogP contribution is 2.34. The van der Waals surface area contributed by atoms with Crippen LogP contribution in [0.1, 0.15) is 44.2 Å². The number of carbonyl (C=O) groups is 2. The van der Waals surface area contributed by atoms with Crippen molar-refractivity contribution in [2.24, 2.45) is 11.1 Å². The maximum Gasteiger partial charge on any atom is 0.294 e. The summed E-state index contributed by atoms with van der Waals surface area (Å²) in [6.07, 6.45) is 6.62. The molecule has 1 fully saturated rings. The summed E-state index contributed by atoms with van der Waals surface area (Å²) in [5.74, 6) is 0.647. The summed E-state index contributed by atoms with van der Waals surface area (Å²) < 4.78 is 1.40. The molecule has 1 unspecified atom stereocenters. The fourth-order valence-electron chi connectivity index (χ4n) is 4.32. The van der Waals surface area contributed by atoms with Crippen molar-refractivity contribution >= 4 is 40.7 Å². The molecule has 1 aromatic carbocycles. The molecule has 3 N–H and O–H groups in total. The van der Waals surface area contributed by atoms with E-state index in [1.54, 1.807) is 6.92 Å². The molecule has 11 heteroatoms. The van der Waals surface area contributed by atoms with Crippen molar-refractivity contribution in [3.05, 3.63) is 58.6 Å². The molecule has 0 bridgehead atoms. The molecule has 0 aliphatic heterocycles. The van der Waals surface area contributed by atoms with Crippen molar-refractivity contribution in [3.63, 3.8) is 0 Å². The molecule has 1 aromatic heterocycles. The molecule has 198 valence electrons. The minimum Gasteiger partial charge on any atom is -0.399 e. The van der Waals surface area contributed by atoms with Crippen molar-refractivity contribution in [1.82, 2.24) is 14.9 Å². The predicted molar refractivity (Wildman–Crippen MR) is 146 cm³/mol. The number of amides is 1. The number of rotatable bonds is 14. The molecule has 37 heavy (non-hydrogen) atoms. The van der Waals surface area contributed by atoms with E-state index in [2.05, 4.69) is 20.8 Å². The molecule has 3 rings (SSSR count). The number of anilines is 1. The number of Topliss-reactive ketones (excluding diaryl/α,β-unsaturated/α-hetero) is 1. The summed E-state index contributed by atoms with van der Waals surface area (Å²) in [5.41, 5.74) is 1.22. The predicted octanol–water partition coefficient (Wildman–Crippen LogP) is 3.05. The van der Waals surface area contributed by atoms with Gasteiger partial charge < -0.3 is 20.9 Å². The molecule has 10 nitrogen and oxygen atoms in total. The van der Waals surface area contributed by atoms with Crippen molar-refractivity contribution in [2.45, 2.75) is 44.4 Å². The van der Waals surface area contributed by atoms with Crippen molar-refractivity contribution in [3.8, 4) is 0 Å². The van der Waals surface area contributed by atoms with Crippen molar-refractivity contribution < 1.29 is 14.4 Å². The van der Waals surface area contributed by atoms with E-state index in [1.165, 1.54) is 35.8 Å². The van der Waals surface area contributed by atoms with Gasteiger partial charge >= 0.3 is 0 Å². The Balaban J connectivity index is 1.66. The Labute approximate surface area is 220 Å². The van der Waals surface area contributed by atoms with Gasteiger partial charge in [0.2, 0.25) is 5.91 Å². The van der Waals surface area contributed by atoms with Crippen LogP contribution in [0.25, 0.3) is 0 Å². The van der Waals surface area contributed by atoms with Crippen LogP contribution in [0.5, 0.6) is 0 Å². The molecular weight excluding hydrogens is 492 g/mol. The van der Waals surface area contributed by atoms with Gasteiger partial charge in [0.15, 0.2) is 11.6 Å². The average molecular weight is 527 g/mol. The number of aromatic nitrogens is 2. The van der Waals surface area contributed by atoms with Crippen LogP contribution < -0.4 is 16.2 Å². The molecule has 1 amide bonds. The van der Waals surface area contributed by atoms with Gasteiger partial charge in [-0.25, -0.2) is 4.98 Å². The SMILES string of the molecule is CO/N=C(/CNc1nccn(C(C(=O)NCC(=O)CSCc2ccccc2)C2CCCC2)c1=O)C(C)=N. The van der Waals surface area contributed by atoms with Crippen LogP contribution in [0.15, 0.2) is 52.7 Å². The van der Waals surface area contributed by atoms with E-state index in [-0.39, 0.29) is 42.2 Å². The van der Waals surface area contributed by atoms with Gasteiger partial charge in [-0.05, 0) is 31.2 Å². The van der Waals surface area contributed by atoms with Gasteiger partial charge in [-0.15, -0.1) is 11.8 Å². The summed E-state index contributed by atoms with van der Waals surface area (Å²) >= 11 is 1.51. The lowest BCUT2D eigenvalue weighted by molar-refractivity contribution is -0.128. The first kappa shape index (κ1) is 28.1. The summed E-state index contributed by atoms with van der Waals surface area (Å²) in [6, 6.07) is 9.16. The fraction of sp³-hybridized carbons (Fsp3) is 0.462. The van der Waals surface area contributed by atoms with Crippen LogP contribution in [0.3, 0.4) is 0 Å². The van der Waals surface area contributed by atoms with E-state index >= 15 is 0 Å². The number of nitrogens with one attached hydrogen (secondary N) is 3. The van der Waals surface area contributed by atoms with Gasteiger partial charge in [0.1, 0.15) is 18.9 Å². The average Bonchev–Trinajstić information content (AvgIpc) is 3.42. The lowest BCUT2D eigenvalue weighted by atomic mass is 9.97. The first-order chi connectivity index (χ1) is 17.9. The zero-order valence-corrected chi connectivity index (χ0v) is 22.1. The monoisotopic (exact) mass is 526 g/mol. The molecule has 1 atom stereocenters. The highest BCUT2D eigenvalue weighted by molar-refractivity contribution is 7.99. The Morgan fingerprint density at radius 3 is 2.65 bits per heavy atom. The summed E-state index contributed by atoms with van der Waals surface area (Å²) in [6.45, 7) is 1.56. The number of nitrogens with zero attached hydrogens (tertiary/aromatic N) is 3. The lowest BCUT2D eigenvalue weighted by Gasteiger charge is -2.25. The Kier molecular flexibility index (Phi) is 10.9. The Hall–Kier alpha value is -3.47. The van der Waals surface area contributed by atoms with Crippen molar-refractivity contribution in [2.75, 3.05) is 31.3 Å². The molecule has 1 aliphatic rings. The Morgan fingerprint density at radius 1 is 1.24 bits per heavy atom. The molecule has 0 spiro atoms. The maximum atomic E-state index is 13.3. The van der Waals surface area contributed by atoms with Crippen LogP contribution >= 0.6 is 11.8 Å². The van der Waals surface area contributed by atoms with Crippen LogP contribution in [0.4, 0.5) is 5.82 Å².